The molecule has 4 rings (SSSR count). The number of fused-ring (bicyclic) bond motifs is 1. The maximum Gasteiger partial charge on any atom is 0.246 e. The van der Waals surface area contributed by atoms with E-state index in [0.29, 0.717) is 32.2 Å². The largest absolute Gasteiger partial charge is 0.394 e. The summed E-state index contributed by atoms with van der Waals surface area (Å²) in [5.74, 6) is -2.19. The molecule has 3 saturated heterocycles. The molecule has 6 atom stereocenters. The molecule has 2 unspecified atom stereocenters. The summed E-state index contributed by atoms with van der Waals surface area (Å²) < 4.78 is 6.70. The van der Waals surface area contributed by atoms with E-state index in [4.69, 9.17) is 4.74 Å². The number of benzene rings is 1. The summed E-state index contributed by atoms with van der Waals surface area (Å²) in [6.07, 6.45) is 2.23. The second kappa shape index (κ2) is 9.30. The number of hydrogen-bond donors (Lipinski definition) is 3. The van der Waals surface area contributed by atoms with Gasteiger partial charge in [0.15, 0.2) is 0 Å². The topological polar surface area (TPSA) is 108 Å². The minimum absolute atomic E-state index is 0.113. The van der Waals surface area contributed by atoms with Crippen molar-refractivity contribution in [1.82, 2.24) is 15.5 Å². The van der Waals surface area contributed by atoms with Gasteiger partial charge in [0.2, 0.25) is 17.7 Å². The van der Waals surface area contributed by atoms with E-state index in [9.17, 15) is 19.5 Å². The second-order valence-electron chi connectivity index (χ2n) is 10.2. The zero-order valence-electron chi connectivity index (χ0n) is 20.5. The lowest BCUT2D eigenvalue weighted by Gasteiger charge is -2.37. The third-order valence-corrected chi connectivity index (χ3v) is 7.97. The highest BCUT2D eigenvalue weighted by atomic mass is 16.5. The molecule has 8 nitrogen and oxygen atoms in total. The van der Waals surface area contributed by atoms with Crippen LogP contribution < -0.4 is 10.6 Å². The van der Waals surface area contributed by atoms with Crippen molar-refractivity contribution in [2.45, 2.75) is 89.3 Å². The summed E-state index contributed by atoms with van der Waals surface area (Å²) in [5.41, 5.74) is -0.867. The van der Waals surface area contributed by atoms with E-state index in [-0.39, 0.29) is 30.4 Å². The predicted octanol–water partition coefficient (Wildman–Crippen LogP) is 1.75. The summed E-state index contributed by atoms with van der Waals surface area (Å²) in [6, 6.07) is 8.14. The van der Waals surface area contributed by atoms with Crippen molar-refractivity contribution in [3.05, 3.63) is 35.9 Å². The lowest BCUT2D eigenvalue weighted by atomic mass is 9.65. The first kappa shape index (κ1) is 24.7. The number of carbonyl (C=O) groups excluding carboxylic acids is 3. The number of nitrogens with one attached hydrogen (secondary N) is 2. The molecule has 3 N–H and O–H groups in total. The van der Waals surface area contributed by atoms with Crippen LogP contribution in [0.1, 0.15) is 58.9 Å². The summed E-state index contributed by atoms with van der Waals surface area (Å²) in [6.45, 7) is 7.72. The molecule has 1 spiro atoms. The number of aliphatic hydroxyl groups is 1. The van der Waals surface area contributed by atoms with Gasteiger partial charge in [-0.25, -0.2) is 0 Å². The van der Waals surface area contributed by atoms with Crippen molar-refractivity contribution in [3.8, 4) is 0 Å². The van der Waals surface area contributed by atoms with Gasteiger partial charge in [0.05, 0.1) is 30.1 Å². The van der Waals surface area contributed by atoms with E-state index in [1.54, 1.807) is 0 Å². The number of likely N-dealkylation sites (tertiary alicyclic amines) is 1. The Bertz CT molecular complexity index is 934. The highest BCUT2D eigenvalue weighted by Gasteiger charge is 2.79. The van der Waals surface area contributed by atoms with Crippen LogP contribution in [0.4, 0.5) is 0 Å². The van der Waals surface area contributed by atoms with Crippen LogP contribution in [-0.4, -0.2) is 63.7 Å². The third kappa shape index (κ3) is 3.71. The van der Waals surface area contributed by atoms with Gasteiger partial charge in [0.1, 0.15) is 11.6 Å². The van der Waals surface area contributed by atoms with Gasteiger partial charge in [-0.05, 0) is 45.1 Å². The molecule has 8 heteroatoms. The van der Waals surface area contributed by atoms with Crippen LogP contribution in [0, 0.1) is 11.8 Å². The van der Waals surface area contributed by atoms with Gasteiger partial charge in [0, 0.05) is 12.6 Å². The van der Waals surface area contributed by atoms with Gasteiger partial charge in [0.25, 0.3) is 0 Å². The number of carbonyl (C=O) groups is 3. The van der Waals surface area contributed by atoms with Crippen molar-refractivity contribution in [3.63, 3.8) is 0 Å². The quantitative estimate of drug-likeness (QED) is 0.509. The van der Waals surface area contributed by atoms with Crippen molar-refractivity contribution < 1.29 is 24.2 Å². The number of nitrogens with zero attached hydrogens (tertiary/aromatic N) is 1. The van der Waals surface area contributed by atoms with Crippen LogP contribution in [0.25, 0.3) is 0 Å². The zero-order chi connectivity index (χ0) is 24.7. The maximum atomic E-state index is 14.0. The molecule has 3 heterocycles. The third-order valence-electron chi connectivity index (χ3n) is 7.97. The Morgan fingerprint density at radius 3 is 2.47 bits per heavy atom. The fraction of sp³-hybridized carbons (Fsp3) is 0.654. The summed E-state index contributed by atoms with van der Waals surface area (Å²) >= 11 is 0. The normalized spacial score (nSPS) is 32.7. The molecular formula is C26H37N3O5. The zero-order valence-corrected chi connectivity index (χ0v) is 20.5. The molecule has 2 bridgehead atoms. The smallest absolute Gasteiger partial charge is 0.246 e. The Morgan fingerprint density at radius 1 is 1.18 bits per heavy atom. The molecule has 0 aliphatic carbocycles. The van der Waals surface area contributed by atoms with E-state index in [1.165, 1.54) is 4.90 Å². The highest BCUT2D eigenvalue weighted by Crippen LogP contribution is 2.64. The molecule has 186 valence electrons. The molecule has 1 aromatic rings. The standard InChI is InChI=1S/C26H37N3O5/c1-5-18(15-30)29-21(23(32)28-16(3)4)26-13-12-25(6-2,34-26)19(20(26)24(29)33)22(31)27-14-17-10-8-7-9-11-17/h7-11,16,18-21,30H,5-6,12-15H2,1-4H3,(H,27,31)(H,28,32)/t18-,19-,20-,21?,25+,26?/m0/s1. The van der Waals surface area contributed by atoms with E-state index in [0.717, 1.165) is 5.56 Å². The van der Waals surface area contributed by atoms with Crippen LogP contribution in [0.5, 0.6) is 0 Å². The van der Waals surface area contributed by atoms with Crippen molar-refractivity contribution in [2.75, 3.05) is 6.61 Å². The van der Waals surface area contributed by atoms with E-state index < -0.39 is 35.1 Å². The predicted molar refractivity (Wildman–Crippen MR) is 126 cm³/mol. The number of amides is 3. The van der Waals surface area contributed by atoms with E-state index >= 15 is 0 Å². The van der Waals surface area contributed by atoms with Crippen LogP contribution in [-0.2, 0) is 25.7 Å². The minimum atomic E-state index is -1.07. The van der Waals surface area contributed by atoms with Crippen LogP contribution in [0.2, 0.25) is 0 Å². The molecular weight excluding hydrogens is 434 g/mol. The Hall–Kier alpha value is -2.45. The Morgan fingerprint density at radius 2 is 1.88 bits per heavy atom. The van der Waals surface area contributed by atoms with Gasteiger partial charge in [-0.3, -0.25) is 14.4 Å². The Kier molecular flexibility index (Phi) is 6.75. The number of aliphatic hydroxyl groups excluding tert-OH is 1. The van der Waals surface area contributed by atoms with Crippen molar-refractivity contribution in [2.24, 2.45) is 11.8 Å². The monoisotopic (exact) mass is 471 g/mol. The van der Waals surface area contributed by atoms with Gasteiger partial charge in [-0.1, -0.05) is 44.2 Å². The Labute approximate surface area is 201 Å². The molecule has 34 heavy (non-hydrogen) atoms. The van der Waals surface area contributed by atoms with Crippen molar-refractivity contribution >= 4 is 17.7 Å². The molecule has 3 amide bonds. The summed E-state index contributed by atoms with van der Waals surface area (Å²) in [7, 11) is 0. The van der Waals surface area contributed by atoms with Gasteiger partial charge in [-0.15, -0.1) is 0 Å². The maximum absolute atomic E-state index is 14.0. The molecule has 3 aliphatic heterocycles. The average molecular weight is 472 g/mol. The molecule has 1 aromatic carbocycles. The first-order valence-electron chi connectivity index (χ1n) is 12.5. The second-order valence-corrected chi connectivity index (χ2v) is 10.2. The SMILES string of the molecule is CC[C@@H](CO)N1C(=O)[C@@H]2[C@@H](C(=O)NCc3ccccc3)[C@@]3(CC)CCC2(O3)C1C(=O)NC(C)C. The molecule has 3 aliphatic rings. The first-order chi connectivity index (χ1) is 16.2. The van der Waals surface area contributed by atoms with E-state index in [1.807, 2.05) is 58.0 Å². The molecule has 0 radical (unpaired) electrons. The van der Waals surface area contributed by atoms with Gasteiger partial charge < -0.3 is 25.4 Å². The Balaban J connectivity index is 1.71. The van der Waals surface area contributed by atoms with Crippen LogP contribution >= 0.6 is 0 Å². The van der Waals surface area contributed by atoms with E-state index in [2.05, 4.69) is 10.6 Å². The lowest BCUT2D eigenvalue weighted by Crippen LogP contribution is -2.58. The van der Waals surface area contributed by atoms with Gasteiger partial charge >= 0.3 is 0 Å². The molecule has 0 aromatic heterocycles. The van der Waals surface area contributed by atoms with Crippen LogP contribution in [0.15, 0.2) is 30.3 Å². The number of hydrogen-bond acceptors (Lipinski definition) is 5. The fourth-order valence-electron chi connectivity index (χ4n) is 6.42. The fourth-order valence-corrected chi connectivity index (χ4v) is 6.42. The summed E-state index contributed by atoms with van der Waals surface area (Å²) in [4.78, 5) is 42.6. The van der Waals surface area contributed by atoms with Crippen molar-refractivity contribution in [1.29, 1.82) is 0 Å². The highest BCUT2D eigenvalue weighted by molar-refractivity contribution is 5.99. The average Bonchev–Trinajstić information content (AvgIpc) is 3.43. The summed E-state index contributed by atoms with van der Waals surface area (Å²) in [5, 5.41) is 16.0. The number of ether oxygens (including phenoxy) is 1. The molecule has 0 saturated carbocycles. The first-order valence-corrected chi connectivity index (χ1v) is 12.5. The lowest BCUT2D eigenvalue weighted by molar-refractivity contribution is -0.151. The molecule has 3 fully saturated rings. The van der Waals surface area contributed by atoms with Gasteiger partial charge in [-0.2, -0.15) is 0 Å². The number of rotatable bonds is 9. The van der Waals surface area contributed by atoms with Crippen LogP contribution in [0.3, 0.4) is 0 Å². The minimum Gasteiger partial charge on any atom is -0.394 e.